The van der Waals surface area contributed by atoms with Gasteiger partial charge in [-0.15, -0.1) is 0 Å². The Morgan fingerprint density at radius 2 is 2.00 bits per heavy atom. The van der Waals surface area contributed by atoms with Gasteiger partial charge in [0.05, 0.1) is 12.7 Å². The van der Waals surface area contributed by atoms with E-state index in [0.29, 0.717) is 12.8 Å². The molecule has 1 heterocycles. The summed E-state index contributed by atoms with van der Waals surface area (Å²) in [6.07, 6.45) is -1.13. The van der Waals surface area contributed by atoms with Crippen LogP contribution in [0.25, 0.3) is 0 Å². The summed E-state index contributed by atoms with van der Waals surface area (Å²) >= 11 is 0. The first kappa shape index (κ1) is 9.99. The zero-order valence-corrected chi connectivity index (χ0v) is 7.18. The lowest BCUT2D eigenvalue weighted by atomic mass is 9.94. The second kappa shape index (κ2) is 4.23. The molecular weight excluding hydrogens is 159 g/mol. The fourth-order valence-corrected chi connectivity index (χ4v) is 1.42. The van der Waals surface area contributed by atoms with E-state index in [1.807, 2.05) is 7.85 Å². The molecule has 1 fully saturated rings. The molecule has 1 aliphatic heterocycles. The van der Waals surface area contributed by atoms with Gasteiger partial charge in [-0.2, -0.15) is 0 Å². The van der Waals surface area contributed by atoms with Crippen LogP contribution in [-0.4, -0.2) is 54.1 Å². The molecule has 0 amide bonds. The smallest absolute Gasteiger partial charge is 0.139 e. The highest BCUT2D eigenvalue weighted by molar-refractivity contribution is 6.11. The van der Waals surface area contributed by atoms with Gasteiger partial charge in [0.1, 0.15) is 20.1 Å². The minimum absolute atomic E-state index is 0.00560. The Bertz CT molecular complexity index is 143. The molecule has 4 atom stereocenters. The third kappa shape index (κ3) is 2.20. The lowest BCUT2D eigenvalue weighted by molar-refractivity contribution is -0.0959. The predicted octanol–water partition coefficient (Wildman–Crippen LogP) is -2.16. The molecule has 4 nitrogen and oxygen atoms in total. The van der Waals surface area contributed by atoms with Gasteiger partial charge in [0.25, 0.3) is 0 Å². The molecule has 0 spiro atoms. The van der Waals surface area contributed by atoms with E-state index in [0.717, 1.165) is 0 Å². The van der Waals surface area contributed by atoms with Crippen molar-refractivity contribution in [2.24, 2.45) is 0 Å². The summed E-state index contributed by atoms with van der Waals surface area (Å²) in [6.45, 7) is -0.247. The SMILES string of the molecule is BC1CC[C@H](O)[C@H](O)[C@@H](CO)O1. The Morgan fingerprint density at radius 3 is 2.58 bits per heavy atom. The number of aliphatic hydroxyl groups excluding tert-OH is 3. The van der Waals surface area contributed by atoms with E-state index in [-0.39, 0.29) is 12.6 Å². The van der Waals surface area contributed by atoms with E-state index in [1.54, 1.807) is 0 Å². The third-order valence-electron chi connectivity index (χ3n) is 2.23. The number of hydrogen-bond donors (Lipinski definition) is 3. The Labute approximate surface area is 72.6 Å². The predicted molar refractivity (Wildman–Crippen MR) is 45.5 cm³/mol. The highest BCUT2D eigenvalue weighted by atomic mass is 16.5. The highest BCUT2D eigenvalue weighted by Crippen LogP contribution is 2.17. The fourth-order valence-electron chi connectivity index (χ4n) is 1.42. The van der Waals surface area contributed by atoms with E-state index in [9.17, 15) is 10.2 Å². The Hall–Kier alpha value is -0.0951. The van der Waals surface area contributed by atoms with Crippen LogP contribution in [0, 0.1) is 0 Å². The van der Waals surface area contributed by atoms with Crippen molar-refractivity contribution in [3.8, 4) is 0 Å². The van der Waals surface area contributed by atoms with Crippen molar-refractivity contribution in [3.05, 3.63) is 0 Å². The molecule has 1 saturated heterocycles. The molecule has 0 aromatic heterocycles. The van der Waals surface area contributed by atoms with Gasteiger partial charge in [-0.3, -0.25) is 0 Å². The lowest BCUT2D eigenvalue weighted by Crippen LogP contribution is -2.40. The fraction of sp³-hybridized carbons (Fsp3) is 1.00. The van der Waals surface area contributed by atoms with Crippen molar-refractivity contribution in [1.82, 2.24) is 0 Å². The summed E-state index contributed by atoms with van der Waals surface area (Å²) in [4.78, 5) is 0. The topological polar surface area (TPSA) is 69.9 Å². The highest BCUT2D eigenvalue weighted by Gasteiger charge is 2.31. The van der Waals surface area contributed by atoms with E-state index in [1.165, 1.54) is 0 Å². The summed E-state index contributed by atoms with van der Waals surface area (Å²) < 4.78 is 5.28. The van der Waals surface area contributed by atoms with Gasteiger partial charge in [-0.25, -0.2) is 0 Å². The van der Waals surface area contributed by atoms with Crippen LogP contribution in [0.4, 0.5) is 0 Å². The summed E-state index contributed by atoms with van der Waals surface area (Å²) in [5.74, 6) is 0. The van der Waals surface area contributed by atoms with E-state index in [2.05, 4.69) is 0 Å². The maximum absolute atomic E-state index is 9.40. The Kier molecular flexibility index (Phi) is 3.52. The number of aliphatic hydroxyl groups is 3. The molecule has 1 unspecified atom stereocenters. The van der Waals surface area contributed by atoms with E-state index in [4.69, 9.17) is 9.84 Å². The van der Waals surface area contributed by atoms with Gasteiger partial charge in [-0.1, -0.05) is 0 Å². The average Bonchev–Trinajstić information content (AvgIpc) is 2.18. The van der Waals surface area contributed by atoms with Crippen LogP contribution in [0.5, 0.6) is 0 Å². The van der Waals surface area contributed by atoms with Crippen LogP contribution in [0.15, 0.2) is 0 Å². The molecule has 1 aliphatic rings. The quantitative estimate of drug-likeness (QED) is 0.396. The monoisotopic (exact) mass is 174 g/mol. The Morgan fingerprint density at radius 1 is 1.33 bits per heavy atom. The molecule has 1 rings (SSSR count). The van der Waals surface area contributed by atoms with Crippen LogP contribution in [0.3, 0.4) is 0 Å². The molecule has 0 bridgehead atoms. The van der Waals surface area contributed by atoms with Gasteiger partial charge >= 0.3 is 0 Å². The molecule has 0 aromatic carbocycles. The number of ether oxygens (including phenoxy) is 1. The molecule has 0 aromatic rings. The standard InChI is InChI=1S/C7H15BO4/c8-6-2-1-4(10)7(11)5(3-9)12-6/h4-7,9-11H,1-3,8H2/t4-,5+,6?,7-/m0/s1. The molecule has 0 saturated carbocycles. The van der Waals surface area contributed by atoms with E-state index < -0.39 is 18.3 Å². The normalized spacial score (nSPS) is 43.9. The van der Waals surface area contributed by atoms with Gasteiger partial charge in [0.2, 0.25) is 0 Å². The largest absolute Gasteiger partial charge is 0.394 e. The second-order valence-electron chi connectivity index (χ2n) is 3.30. The van der Waals surface area contributed by atoms with Gasteiger partial charge in [-0.05, 0) is 12.8 Å². The molecule has 12 heavy (non-hydrogen) atoms. The lowest BCUT2D eigenvalue weighted by Gasteiger charge is -2.22. The van der Waals surface area contributed by atoms with Crippen LogP contribution in [0.2, 0.25) is 0 Å². The van der Waals surface area contributed by atoms with Crippen LogP contribution in [0.1, 0.15) is 12.8 Å². The van der Waals surface area contributed by atoms with Crippen LogP contribution >= 0.6 is 0 Å². The van der Waals surface area contributed by atoms with Crippen LogP contribution in [-0.2, 0) is 4.74 Å². The molecule has 70 valence electrons. The van der Waals surface area contributed by atoms with Gasteiger partial charge < -0.3 is 20.1 Å². The minimum Gasteiger partial charge on any atom is -0.394 e. The minimum atomic E-state index is -0.958. The van der Waals surface area contributed by atoms with Gasteiger partial charge in [0, 0.05) is 6.00 Å². The first-order valence-corrected chi connectivity index (χ1v) is 4.27. The first-order chi connectivity index (χ1) is 5.65. The van der Waals surface area contributed by atoms with Crippen molar-refractivity contribution in [2.45, 2.75) is 37.2 Å². The number of rotatable bonds is 1. The maximum Gasteiger partial charge on any atom is 0.139 e. The summed E-state index contributed by atoms with van der Waals surface area (Å²) in [5, 5.41) is 27.6. The summed E-state index contributed by atoms with van der Waals surface area (Å²) in [7, 11) is 1.87. The zero-order chi connectivity index (χ0) is 9.14. The Balaban J connectivity index is 2.58. The van der Waals surface area contributed by atoms with Crippen molar-refractivity contribution in [3.63, 3.8) is 0 Å². The van der Waals surface area contributed by atoms with Crippen molar-refractivity contribution in [1.29, 1.82) is 0 Å². The van der Waals surface area contributed by atoms with Crippen molar-refractivity contribution in [2.75, 3.05) is 6.61 Å². The first-order valence-electron chi connectivity index (χ1n) is 4.27. The third-order valence-corrected chi connectivity index (χ3v) is 2.23. The maximum atomic E-state index is 9.40. The van der Waals surface area contributed by atoms with E-state index >= 15 is 0 Å². The summed E-state index contributed by atoms with van der Waals surface area (Å²) in [6, 6.07) is -0.00560. The second-order valence-corrected chi connectivity index (χ2v) is 3.30. The average molecular weight is 174 g/mol. The molecule has 0 radical (unpaired) electrons. The molecule has 0 aliphatic carbocycles. The zero-order valence-electron chi connectivity index (χ0n) is 7.18. The molecular formula is C7H15BO4. The molecule has 3 N–H and O–H groups in total. The number of hydrogen-bond acceptors (Lipinski definition) is 4. The van der Waals surface area contributed by atoms with Gasteiger partial charge in [0.15, 0.2) is 0 Å². The van der Waals surface area contributed by atoms with Crippen LogP contribution < -0.4 is 0 Å². The van der Waals surface area contributed by atoms with Crippen molar-refractivity contribution < 1.29 is 20.1 Å². The summed E-state index contributed by atoms with van der Waals surface area (Å²) in [5.41, 5.74) is 0. The van der Waals surface area contributed by atoms with Crippen molar-refractivity contribution >= 4 is 7.85 Å². The molecule has 5 heteroatoms.